The van der Waals surface area contributed by atoms with Gasteiger partial charge in [0.05, 0.1) is 12.0 Å². The Bertz CT molecular complexity index is 1020. The Kier molecular flexibility index (Phi) is 5.58. The molecule has 1 amide bonds. The van der Waals surface area contributed by atoms with E-state index in [1.54, 1.807) is 18.2 Å². The summed E-state index contributed by atoms with van der Waals surface area (Å²) in [5.41, 5.74) is 0.961. The fourth-order valence-electron chi connectivity index (χ4n) is 2.45. The van der Waals surface area contributed by atoms with Gasteiger partial charge < -0.3 is 15.0 Å². The Labute approximate surface area is 162 Å². The number of hydrogen-bond acceptors (Lipinski definition) is 4. The van der Waals surface area contributed by atoms with Gasteiger partial charge in [-0.25, -0.2) is 4.98 Å². The summed E-state index contributed by atoms with van der Waals surface area (Å²) >= 11 is 9.10. The third kappa shape index (κ3) is 3.89. The van der Waals surface area contributed by atoms with Gasteiger partial charge in [-0.15, -0.1) is 0 Å². The molecule has 0 aliphatic rings. The van der Waals surface area contributed by atoms with Crippen LogP contribution in [-0.4, -0.2) is 22.5 Å². The summed E-state index contributed by atoms with van der Waals surface area (Å²) in [6.07, 6.45) is 1.37. The maximum atomic E-state index is 12.7. The first-order valence-electron chi connectivity index (χ1n) is 7.87. The van der Waals surface area contributed by atoms with E-state index in [1.807, 2.05) is 19.1 Å². The standard InChI is InChI=1S/C18H15BrClN3O3/c1-2-26-18-15-12(7-14(19)23-18)16(24)13(9-21-15)17(25)22-8-10-3-5-11(20)6-4-10/h3-7,9H,2,8H2,1H3,(H,21,24)(H,22,25). The molecule has 26 heavy (non-hydrogen) atoms. The molecule has 2 heterocycles. The van der Waals surface area contributed by atoms with Gasteiger partial charge in [-0.3, -0.25) is 9.59 Å². The van der Waals surface area contributed by atoms with Crippen molar-refractivity contribution in [3.05, 3.63) is 67.5 Å². The van der Waals surface area contributed by atoms with Crippen LogP contribution in [0.5, 0.6) is 5.88 Å². The highest BCUT2D eigenvalue weighted by Crippen LogP contribution is 2.23. The molecule has 3 rings (SSSR count). The first-order valence-corrected chi connectivity index (χ1v) is 9.04. The van der Waals surface area contributed by atoms with Gasteiger partial charge in [0.1, 0.15) is 15.7 Å². The Balaban J connectivity index is 1.90. The lowest BCUT2D eigenvalue weighted by Crippen LogP contribution is -2.28. The predicted molar refractivity (Wildman–Crippen MR) is 104 cm³/mol. The van der Waals surface area contributed by atoms with E-state index in [4.69, 9.17) is 16.3 Å². The number of pyridine rings is 2. The molecule has 0 saturated heterocycles. The van der Waals surface area contributed by atoms with Crippen LogP contribution in [0.25, 0.3) is 10.9 Å². The molecule has 8 heteroatoms. The third-order valence-electron chi connectivity index (χ3n) is 3.70. The molecule has 0 atom stereocenters. The first kappa shape index (κ1) is 18.4. The van der Waals surface area contributed by atoms with Gasteiger partial charge in [0.2, 0.25) is 11.3 Å². The van der Waals surface area contributed by atoms with Crippen molar-refractivity contribution in [3.63, 3.8) is 0 Å². The smallest absolute Gasteiger partial charge is 0.257 e. The van der Waals surface area contributed by atoms with Gasteiger partial charge in [-0.2, -0.15) is 0 Å². The zero-order valence-corrected chi connectivity index (χ0v) is 16.1. The maximum absolute atomic E-state index is 12.7. The number of carbonyl (C=O) groups is 1. The minimum Gasteiger partial charge on any atom is -0.476 e. The normalized spacial score (nSPS) is 10.7. The molecule has 0 spiro atoms. The number of hydrogen-bond donors (Lipinski definition) is 2. The van der Waals surface area contributed by atoms with Crippen LogP contribution in [0.3, 0.4) is 0 Å². The molecule has 3 aromatic rings. The van der Waals surface area contributed by atoms with E-state index in [2.05, 4.69) is 31.2 Å². The topological polar surface area (TPSA) is 84.1 Å². The minimum atomic E-state index is -0.464. The van der Waals surface area contributed by atoms with E-state index in [0.29, 0.717) is 33.0 Å². The fourth-order valence-corrected chi connectivity index (χ4v) is 2.97. The lowest BCUT2D eigenvalue weighted by molar-refractivity contribution is 0.0949. The zero-order chi connectivity index (χ0) is 18.7. The number of aromatic amines is 1. The predicted octanol–water partition coefficient (Wildman–Crippen LogP) is 3.67. The summed E-state index contributed by atoms with van der Waals surface area (Å²) in [7, 11) is 0. The largest absolute Gasteiger partial charge is 0.476 e. The number of nitrogens with zero attached hydrogens (tertiary/aromatic N) is 1. The van der Waals surface area contributed by atoms with Crippen molar-refractivity contribution in [1.29, 1.82) is 0 Å². The van der Waals surface area contributed by atoms with Crippen LogP contribution in [0.15, 0.2) is 45.9 Å². The van der Waals surface area contributed by atoms with Crippen molar-refractivity contribution in [2.45, 2.75) is 13.5 Å². The SMILES string of the molecule is CCOc1nc(Br)cc2c(=O)c(C(=O)NCc3ccc(Cl)cc3)c[nH]c12. The molecule has 2 N–H and O–H groups in total. The van der Waals surface area contributed by atoms with Crippen molar-refractivity contribution in [3.8, 4) is 5.88 Å². The number of aromatic nitrogens is 2. The first-order chi connectivity index (χ1) is 12.5. The summed E-state index contributed by atoms with van der Waals surface area (Å²) < 4.78 is 5.90. The third-order valence-corrected chi connectivity index (χ3v) is 4.36. The van der Waals surface area contributed by atoms with Crippen LogP contribution in [-0.2, 0) is 6.54 Å². The number of fused-ring (bicyclic) bond motifs is 1. The molecule has 0 unspecified atom stereocenters. The van der Waals surface area contributed by atoms with E-state index >= 15 is 0 Å². The molecular formula is C18H15BrClN3O3. The van der Waals surface area contributed by atoms with Crippen LogP contribution >= 0.6 is 27.5 Å². The summed E-state index contributed by atoms with van der Waals surface area (Å²) in [6, 6.07) is 8.67. The highest BCUT2D eigenvalue weighted by molar-refractivity contribution is 9.10. The van der Waals surface area contributed by atoms with E-state index in [1.165, 1.54) is 6.20 Å². The van der Waals surface area contributed by atoms with Gasteiger partial charge >= 0.3 is 0 Å². The number of carbonyl (C=O) groups excluding carboxylic acids is 1. The Hall–Kier alpha value is -2.38. The number of amides is 1. The van der Waals surface area contributed by atoms with Crippen molar-refractivity contribution < 1.29 is 9.53 Å². The monoisotopic (exact) mass is 435 g/mol. The van der Waals surface area contributed by atoms with Gasteiger partial charge in [0.15, 0.2) is 0 Å². The molecule has 1 aromatic carbocycles. The van der Waals surface area contributed by atoms with Crippen LogP contribution in [0.1, 0.15) is 22.8 Å². The van der Waals surface area contributed by atoms with Crippen LogP contribution in [0.2, 0.25) is 5.02 Å². The molecule has 0 radical (unpaired) electrons. The van der Waals surface area contributed by atoms with Crippen LogP contribution in [0, 0.1) is 0 Å². The van der Waals surface area contributed by atoms with Crippen molar-refractivity contribution >= 4 is 44.3 Å². The molecule has 0 bridgehead atoms. The summed E-state index contributed by atoms with van der Waals surface area (Å²) in [6.45, 7) is 2.52. The lowest BCUT2D eigenvalue weighted by Gasteiger charge is -2.09. The average Bonchev–Trinajstić information content (AvgIpc) is 2.62. The van der Waals surface area contributed by atoms with Gasteiger partial charge in [0.25, 0.3) is 5.91 Å². The summed E-state index contributed by atoms with van der Waals surface area (Å²) in [5, 5.41) is 3.68. The second-order valence-corrected chi connectivity index (χ2v) is 6.70. The molecule has 0 fully saturated rings. The number of H-pyrrole nitrogens is 1. The van der Waals surface area contributed by atoms with E-state index in [0.717, 1.165) is 5.56 Å². The molecule has 6 nitrogen and oxygen atoms in total. The van der Waals surface area contributed by atoms with Crippen LogP contribution < -0.4 is 15.5 Å². The number of ether oxygens (including phenoxy) is 1. The Morgan fingerprint density at radius 1 is 1.35 bits per heavy atom. The molecule has 0 saturated carbocycles. The Morgan fingerprint density at radius 2 is 2.08 bits per heavy atom. The summed E-state index contributed by atoms with van der Waals surface area (Å²) in [4.78, 5) is 32.3. The highest BCUT2D eigenvalue weighted by atomic mass is 79.9. The molecule has 0 aliphatic heterocycles. The number of halogens is 2. The van der Waals surface area contributed by atoms with Gasteiger partial charge in [-0.1, -0.05) is 23.7 Å². The Morgan fingerprint density at radius 3 is 2.77 bits per heavy atom. The maximum Gasteiger partial charge on any atom is 0.257 e. The minimum absolute atomic E-state index is 0.0204. The van der Waals surface area contributed by atoms with Gasteiger partial charge in [0, 0.05) is 17.8 Å². The zero-order valence-electron chi connectivity index (χ0n) is 13.8. The number of rotatable bonds is 5. The molecule has 0 aliphatic carbocycles. The second kappa shape index (κ2) is 7.88. The molecular weight excluding hydrogens is 422 g/mol. The van der Waals surface area contributed by atoms with Crippen molar-refractivity contribution in [2.75, 3.05) is 6.61 Å². The van der Waals surface area contributed by atoms with E-state index < -0.39 is 11.3 Å². The van der Waals surface area contributed by atoms with Crippen molar-refractivity contribution in [1.82, 2.24) is 15.3 Å². The van der Waals surface area contributed by atoms with Crippen molar-refractivity contribution in [2.24, 2.45) is 0 Å². The molecule has 2 aromatic heterocycles. The fraction of sp³-hybridized carbons (Fsp3) is 0.167. The quantitative estimate of drug-likeness (QED) is 0.598. The van der Waals surface area contributed by atoms with Crippen LogP contribution in [0.4, 0.5) is 0 Å². The van der Waals surface area contributed by atoms with E-state index in [-0.39, 0.29) is 12.1 Å². The van der Waals surface area contributed by atoms with E-state index in [9.17, 15) is 9.59 Å². The highest BCUT2D eigenvalue weighted by Gasteiger charge is 2.16. The molecule has 134 valence electrons. The number of nitrogens with one attached hydrogen (secondary N) is 2. The number of benzene rings is 1. The van der Waals surface area contributed by atoms with Gasteiger partial charge in [-0.05, 0) is 46.6 Å². The second-order valence-electron chi connectivity index (χ2n) is 5.45. The summed E-state index contributed by atoms with van der Waals surface area (Å²) in [5.74, 6) is -0.156. The average molecular weight is 437 g/mol. The lowest BCUT2D eigenvalue weighted by atomic mass is 10.1.